The number of halogens is 1. The number of ether oxygens (including phenoxy) is 2. The van der Waals surface area contributed by atoms with Gasteiger partial charge in [-0.25, -0.2) is 19.9 Å². The van der Waals surface area contributed by atoms with Gasteiger partial charge in [-0.15, -0.1) is 0 Å². The number of nitrogens with zero attached hydrogens (tertiary/aromatic N) is 10. The van der Waals surface area contributed by atoms with Crippen molar-refractivity contribution in [1.82, 2.24) is 44.7 Å². The molecule has 2 aromatic carbocycles. The van der Waals surface area contributed by atoms with Crippen molar-refractivity contribution in [3.05, 3.63) is 119 Å². The van der Waals surface area contributed by atoms with Crippen LogP contribution in [0, 0.1) is 28.1 Å². The molecule has 2 N–H and O–H groups in total. The molecule has 1 saturated carbocycles. The van der Waals surface area contributed by atoms with Gasteiger partial charge in [-0.05, 0) is 42.9 Å². The van der Waals surface area contributed by atoms with E-state index in [0.717, 1.165) is 105 Å². The van der Waals surface area contributed by atoms with E-state index in [0.29, 0.717) is 52.8 Å². The van der Waals surface area contributed by atoms with Gasteiger partial charge in [0.15, 0.2) is 5.65 Å². The summed E-state index contributed by atoms with van der Waals surface area (Å²) in [5.41, 5.74) is 5.10. The van der Waals surface area contributed by atoms with Crippen LogP contribution in [0.25, 0.3) is 16.9 Å². The van der Waals surface area contributed by atoms with Gasteiger partial charge in [-0.2, -0.15) is 14.9 Å². The number of aromatic nitrogens is 6. The van der Waals surface area contributed by atoms with Crippen LogP contribution in [-0.4, -0.2) is 116 Å². The number of carbonyl (C=O) groups excluding carboxylic acids is 1. The molecule has 1 amide bonds. The molecule has 0 radical (unpaired) electrons. The smallest absolute Gasteiger partial charge is 0.254 e. The molecule has 15 nitrogen and oxygen atoms in total. The summed E-state index contributed by atoms with van der Waals surface area (Å²) in [6.45, 7) is 19.6. The number of pyridine rings is 1. The Balaban J connectivity index is 0.670. The van der Waals surface area contributed by atoms with Gasteiger partial charge in [0, 0.05) is 124 Å². The van der Waals surface area contributed by atoms with Crippen molar-refractivity contribution < 1.29 is 14.3 Å². The Kier molecular flexibility index (Phi) is 13.8. The number of hydrogen-bond acceptors (Lipinski definition) is 13. The van der Waals surface area contributed by atoms with Gasteiger partial charge in [0.1, 0.15) is 30.3 Å². The molecule has 1 aliphatic carbocycles. The molecule has 68 heavy (non-hydrogen) atoms. The molecule has 9 rings (SSSR count). The molecule has 3 aliphatic rings. The lowest BCUT2D eigenvalue weighted by Gasteiger charge is -2.63. The normalized spacial score (nSPS) is 19.5. The van der Waals surface area contributed by atoms with Crippen molar-refractivity contribution in [3.8, 4) is 29.0 Å². The van der Waals surface area contributed by atoms with Crippen LogP contribution in [0.15, 0.2) is 91.5 Å². The van der Waals surface area contributed by atoms with E-state index in [-0.39, 0.29) is 28.9 Å². The van der Waals surface area contributed by atoms with E-state index in [4.69, 9.17) is 26.1 Å². The minimum atomic E-state index is -0.369. The number of nitriles is 1. The maximum absolute atomic E-state index is 13.5. The lowest BCUT2D eigenvalue weighted by atomic mass is 9.49. The van der Waals surface area contributed by atoms with Crippen LogP contribution in [0.2, 0.25) is 5.02 Å². The molecule has 0 spiro atoms. The van der Waals surface area contributed by atoms with Crippen molar-refractivity contribution in [2.75, 3.05) is 69.2 Å². The summed E-state index contributed by atoms with van der Waals surface area (Å²) < 4.78 is 14.4. The van der Waals surface area contributed by atoms with Crippen LogP contribution < -0.4 is 25.0 Å². The van der Waals surface area contributed by atoms with Gasteiger partial charge in [0.25, 0.3) is 5.91 Å². The van der Waals surface area contributed by atoms with E-state index in [2.05, 4.69) is 110 Å². The zero-order valence-corrected chi connectivity index (χ0v) is 40.4. The Morgan fingerprint density at radius 1 is 0.882 bits per heavy atom. The number of piperazine rings is 1. The fraction of sp³-hybridized carbons (Fsp3) is 0.442. The molecule has 6 aromatic rings. The van der Waals surface area contributed by atoms with E-state index in [1.54, 1.807) is 30.6 Å². The van der Waals surface area contributed by atoms with Gasteiger partial charge in [-0.3, -0.25) is 9.69 Å². The van der Waals surface area contributed by atoms with Crippen LogP contribution in [0.4, 0.5) is 11.8 Å². The number of nitrogens with one attached hydrogen (secondary N) is 2. The van der Waals surface area contributed by atoms with Crippen molar-refractivity contribution in [3.63, 3.8) is 0 Å². The number of aryl methyl sites for hydroxylation is 1. The summed E-state index contributed by atoms with van der Waals surface area (Å²) in [6, 6.07) is 23.3. The number of carbonyl (C=O) groups is 1. The Hall–Kier alpha value is -6.34. The Bertz CT molecular complexity index is 2710. The summed E-state index contributed by atoms with van der Waals surface area (Å²) in [5, 5.41) is 21.0. The zero-order chi connectivity index (χ0) is 47.4. The average Bonchev–Trinajstić information content (AvgIpc) is 3.79. The Morgan fingerprint density at radius 3 is 2.29 bits per heavy atom. The largest absolute Gasteiger partial charge is 0.489 e. The van der Waals surface area contributed by atoms with Crippen molar-refractivity contribution >= 4 is 34.9 Å². The topological polar surface area (TPSA) is 162 Å². The highest BCUT2D eigenvalue weighted by molar-refractivity contribution is 6.31. The van der Waals surface area contributed by atoms with Gasteiger partial charge >= 0.3 is 0 Å². The van der Waals surface area contributed by atoms with Crippen molar-refractivity contribution in [2.24, 2.45) is 16.7 Å². The van der Waals surface area contributed by atoms with Crippen LogP contribution in [-0.2, 0) is 13.0 Å². The Morgan fingerprint density at radius 2 is 1.62 bits per heavy atom. The summed E-state index contributed by atoms with van der Waals surface area (Å²) >= 11 is 6.26. The predicted octanol–water partition coefficient (Wildman–Crippen LogP) is 7.81. The van der Waals surface area contributed by atoms with Crippen LogP contribution in [0.5, 0.6) is 11.6 Å². The first-order valence-electron chi connectivity index (χ1n) is 23.8. The summed E-state index contributed by atoms with van der Waals surface area (Å²) in [7, 11) is 0. The SMILES string of the molecule is CCc1cnn2c(NCc3ccc(OCCN4CCN(CC5CCN(c6ncc(C(=O)N[C@H]7C(C)(C)[C@H](Oc8ccc(C#N)c(Cl)c8)C7(C)C)cn6)CC5)CC4)nc3)cc(-c3ccccc3)nc12. The number of amides is 1. The first-order valence-corrected chi connectivity index (χ1v) is 24.2. The average molecular weight is 938 g/mol. The third-order valence-corrected chi connectivity index (χ3v) is 14.4. The number of benzene rings is 2. The van der Waals surface area contributed by atoms with Gasteiger partial charge < -0.3 is 29.9 Å². The molecule has 354 valence electrons. The number of rotatable bonds is 16. The maximum atomic E-state index is 13.5. The number of piperidine rings is 1. The molecule has 0 bridgehead atoms. The molecular formula is C52H61ClN12O3. The second-order valence-corrected chi connectivity index (χ2v) is 19.9. The van der Waals surface area contributed by atoms with Gasteiger partial charge in [0.05, 0.1) is 28.0 Å². The molecule has 0 atom stereocenters. The van der Waals surface area contributed by atoms with E-state index >= 15 is 0 Å². The Labute approximate surface area is 403 Å². The number of anilines is 2. The van der Waals surface area contributed by atoms with Gasteiger partial charge in [-0.1, -0.05) is 82.6 Å². The fourth-order valence-corrected chi connectivity index (χ4v) is 10.7. The highest BCUT2D eigenvalue weighted by atomic mass is 35.5. The minimum absolute atomic E-state index is 0.154. The van der Waals surface area contributed by atoms with Crippen LogP contribution in [0.1, 0.15) is 74.5 Å². The lowest BCUT2D eigenvalue weighted by molar-refractivity contribution is -0.164. The predicted molar refractivity (Wildman–Crippen MR) is 264 cm³/mol. The molecule has 3 fully saturated rings. The molecule has 2 aliphatic heterocycles. The van der Waals surface area contributed by atoms with Gasteiger partial charge in [0.2, 0.25) is 11.8 Å². The third-order valence-electron chi connectivity index (χ3n) is 14.1. The summed E-state index contributed by atoms with van der Waals surface area (Å²) in [6.07, 6.45) is 9.87. The van der Waals surface area contributed by atoms with Crippen LogP contribution >= 0.6 is 11.6 Å². The van der Waals surface area contributed by atoms with Crippen molar-refractivity contribution in [2.45, 2.75) is 72.6 Å². The fourth-order valence-electron chi connectivity index (χ4n) is 10.5. The summed E-state index contributed by atoms with van der Waals surface area (Å²) in [4.78, 5) is 39.6. The highest BCUT2D eigenvalue weighted by Crippen LogP contribution is 2.55. The number of hydrogen-bond donors (Lipinski definition) is 2. The molecule has 6 heterocycles. The lowest BCUT2D eigenvalue weighted by Crippen LogP contribution is -2.74. The van der Waals surface area contributed by atoms with E-state index < -0.39 is 0 Å². The molecule has 16 heteroatoms. The minimum Gasteiger partial charge on any atom is -0.489 e. The zero-order valence-electron chi connectivity index (χ0n) is 39.7. The molecule has 2 saturated heterocycles. The quantitative estimate of drug-likeness (QED) is 0.0968. The van der Waals surface area contributed by atoms with E-state index in [9.17, 15) is 10.1 Å². The molecular weight excluding hydrogens is 876 g/mol. The van der Waals surface area contributed by atoms with E-state index in [1.165, 1.54) is 0 Å². The molecule has 0 unspecified atom stereocenters. The molecule has 4 aromatic heterocycles. The maximum Gasteiger partial charge on any atom is 0.254 e. The summed E-state index contributed by atoms with van der Waals surface area (Å²) in [5.74, 6) is 3.20. The highest BCUT2D eigenvalue weighted by Gasteiger charge is 2.64. The second-order valence-electron chi connectivity index (χ2n) is 19.5. The standard InChI is InChI=1S/C52H61ClN12O3/c1-6-37-33-59-65-44(27-43(60-46(37)65)38-10-8-7-9-11-38)55-29-36-12-15-45(56-30-36)67-25-24-62-20-22-63(23-21-62)34-35-16-18-64(19-17-35)50-57-31-40(32-58-50)47(66)61-48-51(2,3)49(52(48,4)5)68-41-14-13-39(28-54)42(53)26-41/h7-15,26-27,30-33,35,48-49,55H,6,16-25,29,34H2,1-5H3,(H,61,66)/t48-,49-. The van der Waals surface area contributed by atoms with Crippen molar-refractivity contribution in [1.29, 1.82) is 5.26 Å². The first kappa shape index (κ1) is 46.8. The second kappa shape index (κ2) is 20.1. The monoisotopic (exact) mass is 936 g/mol. The number of fused-ring (bicyclic) bond motifs is 1. The van der Waals surface area contributed by atoms with Crippen LogP contribution in [0.3, 0.4) is 0 Å². The first-order chi connectivity index (χ1) is 32.9. The van der Waals surface area contributed by atoms with E-state index in [1.807, 2.05) is 41.2 Å². The third kappa shape index (κ3) is 10.1.